The molecule has 1 N–H and O–H groups in total. The Morgan fingerprint density at radius 2 is 2.50 bits per heavy atom. The third-order valence-corrected chi connectivity index (χ3v) is 2.55. The Kier molecular flexibility index (Phi) is 3.65. The Bertz CT molecular complexity index is 237. The summed E-state index contributed by atoms with van der Waals surface area (Å²) in [5, 5.41) is 11.5. The van der Waals surface area contributed by atoms with E-state index in [0.717, 1.165) is 10.7 Å². The summed E-state index contributed by atoms with van der Waals surface area (Å²) in [5.41, 5.74) is 0.724. The minimum atomic E-state index is 0.00927. The summed E-state index contributed by atoms with van der Waals surface area (Å²) in [7, 11) is 0. The van der Waals surface area contributed by atoms with Crippen LogP contribution in [0, 0.1) is 0 Å². The molecule has 1 aromatic rings. The molecule has 0 aliphatic heterocycles. The second-order valence-corrected chi connectivity index (χ2v) is 3.32. The van der Waals surface area contributed by atoms with Crippen molar-refractivity contribution in [1.29, 1.82) is 0 Å². The topological polar surface area (TPSA) is 42.4 Å². The number of aliphatic hydroxyl groups excluding tert-OH is 1. The lowest BCUT2D eigenvalue weighted by Gasteiger charge is -2.06. The molecular formula is C8H13NO2S. The molecule has 0 aromatic carbocycles. The van der Waals surface area contributed by atoms with E-state index in [9.17, 15) is 0 Å². The Morgan fingerprint density at radius 1 is 1.75 bits per heavy atom. The highest BCUT2D eigenvalue weighted by atomic mass is 32.1. The fourth-order valence-electron chi connectivity index (χ4n) is 0.903. The molecule has 1 atom stereocenters. The maximum atomic E-state index is 8.77. The third-order valence-electron chi connectivity index (χ3n) is 1.50. The molecule has 4 heteroatoms. The van der Waals surface area contributed by atoms with Gasteiger partial charge in [0.15, 0.2) is 0 Å². The Balaban J connectivity index is 2.61. The Morgan fingerprint density at radius 3 is 3.00 bits per heavy atom. The summed E-state index contributed by atoms with van der Waals surface area (Å²) in [6.07, 6.45) is 0.0419. The third kappa shape index (κ3) is 2.27. The van der Waals surface area contributed by atoms with Crippen molar-refractivity contribution in [1.82, 2.24) is 4.98 Å². The van der Waals surface area contributed by atoms with Gasteiger partial charge >= 0.3 is 0 Å². The van der Waals surface area contributed by atoms with Crippen molar-refractivity contribution in [2.45, 2.75) is 26.6 Å². The zero-order valence-corrected chi connectivity index (χ0v) is 8.10. The first-order chi connectivity index (χ1) is 5.77. The van der Waals surface area contributed by atoms with Crippen LogP contribution >= 0.6 is 11.3 Å². The van der Waals surface area contributed by atoms with Crippen LogP contribution in [0.2, 0.25) is 0 Å². The van der Waals surface area contributed by atoms with E-state index in [1.54, 1.807) is 0 Å². The molecule has 0 saturated carbocycles. The van der Waals surface area contributed by atoms with Crippen molar-refractivity contribution in [2.24, 2.45) is 0 Å². The average Bonchev–Trinajstić information content (AvgIpc) is 2.52. The van der Waals surface area contributed by atoms with Gasteiger partial charge in [0, 0.05) is 12.0 Å². The van der Waals surface area contributed by atoms with Crippen molar-refractivity contribution < 1.29 is 9.84 Å². The average molecular weight is 187 g/mol. The molecule has 0 saturated heterocycles. The summed E-state index contributed by atoms with van der Waals surface area (Å²) in [4.78, 5) is 4.19. The SMILES string of the molecule is CCOC(C)c1nc(CO)cs1. The van der Waals surface area contributed by atoms with Crippen molar-refractivity contribution in [3.8, 4) is 0 Å². The van der Waals surface area contributed by atoms with Gasteiger partial charge in [-0.3, -0.25) is 0 Å². The number of aliphatic hydroxyl groups is 1. The highest BCUT2D eigenvalue weighted by Crippen LogP contribution is 2.20. The lowest BCUT2D eigenvalue weighted by atomic mass is 10.4. The van der Waals surface area contributed by atoms with Gasteiger partial charge in [-0.25, -0.2) is 4.98 Å². The molecule has 0 aliphatic rings. The van der Waals surface area contributed by atoms with Crippen LogP contribution in [-0.4, -0.2) is 16.7 Å². The molecule has 0 bridgehead atoms. The number of thiazole rings is 1. The minimum absolute atomic E-state index is 0.00927. The van der Waals surface area contributed by atoms with Crippen LogP contribution in [0.15, 0.2) is 5.38 Å². The van der Waals surface area contributed by atoms with Gasteiger partial charge in [-0.05, 0) is 13.8 Å². The highest BCUT2D eigenvalue weighted by molar-refractivity contribution is 7.09. The van der Waals surface area contributed by atoms with E-state index in [1.807, 2.05) is 19.2 Å². The monoisotopic (exact) mass is 187 g/mol. The first kappa shape index (κ1) is 9.64. The summed E-state index contributed by atoms with van der Waals surface area (Å²) in [5.74, 6) is 0. The maximum absolute atomic E-state index is 8.77. The van der Waals surface area contributed by atoms with E-state index in [4.69, 9.17) is 9.84 Å². The lowest BCUT2D eigenvalue weighted by Crippen LogP contribution is -1.99. The van der Waals surface area contributed by atoms with E-state index >= 15 is 0 Å². The van der Waals surface area contributed by atoms with Gasteiger partial charge in [0.1, 0.15) is 11.1 Å². The quantitative estimate of drug-likeness (QED) is 0.780. The number of ether oxygens (including phenoxy) is 1. The molecule has 0 aliphatic carbocycles. The standard InChI is InChI=1S/C8H13NO2S/c1-3-11-6(2)8-9-7(4-10)5-12-8/h5-6,10H,3-4H2,1-2H3. The summed E-state index contributed by atoms with van der Waals surface area (Å²) in [6, 6.07) is 0. The molecule has 1 heterocycles. The Labute approximate surface area is 76.0 Å². The van der Waals surface area contributed by atoms with Crippen LogP contribution in [0.3, 0.4) is 0 Å². The summed E-state index contributed by atoms with van der Waals surface area (Å²) < 4.78 is 5.35. The Hall–Kier alpha value is -0.450. The van der Waals surface area contributed by atoms with E-state index in [-0.39, 0.29) is 12.7 Å². The fraction of sp³-hybridized carbons (Fsp3) is 0.625. The van der Waals surface area contributed by atoms with Gasteiger partial charge in [-0.15, -0.1) is 11.3 Å². The van der Waals surface area contributed by atoms with Crippen LogP contribution in [0.1, 0.15) is 30.7 Å². The fourth-order valence-corrected chi connectivity index (χ4v) is 1.72. The molecule has 0 fully saturated rings. The predicted octanol–water partition coefficient (Wildman–Crippen LogP) is 1.73. The molecular weight excluding hydrogens is 174 g/mol. The number of nitrogens with zero attached hydrogens (tertiary/aromatic N) is 1. The summed E-state index contributed by atoms with van der Waals surface area (Å²) >= 11 is 1.53. The second-order valence-electron chi connectivity index (χ2n) is 2.43. The van der Waals surface area contributed by atoms with Gasteiger partial charge in [-0.1, -0.05) is 0 Å². The highest BCUT2D eigenvalue weighted by Gasteiger charge is 2.09. The van der Waals surface area contributed by atoms with Crippen LogP contribution in [0.5, 0.6) is 0 Å². The molecule has 0 amide bonds. The normalized spacial score (nSPS) is 13.2. The minimum Gasteiger partial charge on any atom is -0.390 e. The van der Waals surface area contributed by atoms with E-state index in [0.29, 0.717) is 6.61 Å². The van der Waals surface area contributed by atoms with Gasteiger partial charge in [0.25, 0.3) is 0 Å². The molecule has 1 rings (SSSR count). The van der Waals surface area contributed by atoms with Gasteiger partial charge in [0.2, 0.25) is 0 Å². The largest absolute Gasteiger partial charge is 0.390 e. The zero-order chi connectivity index (χ0) is 8.97. The smallest absolute Gasteiger partial charge is 0.122 e. The van der Waals surface area contributed by atoms with E-state index < -0.39 is 0 Å². The van der Waals surface area contributed by atoms with Crippen LogP contribution in [-0.2, 0) is 11.3 Å². The molecule has 1 unspecified atom stereocenters. The number of hydrogen-bond donors (Lipinski definition) is 1. The zero-order valence-electron chi connectivity index (χ0n) is 7.28. The summed E-state index contributed by atoms with van der Waals surface area (Å²) in [6.45, 7) is 4.62. The lowest BCUT2D eigenvalue weighted by molar-refractivity contribution is 0.0759. The van der Waals surface area contributed by atoms with Crippen LogP contribution < -0.4 is 0 Å². The molecule has 0 spiro atoms. The molecule has 0 radical (unpaired) electrons. The predicted molar refractivity (Wildman–Crippen MR) is 48.1 cm³/mol. The second kappa shape index (κ2) is 4.54. The number of rotatable bonds is 4. The van der Waals surface area contributed by atoms with Gasteiger partial charge in [0.05, 0.1) is 12.3 Å². The molecule has 68 valence electrons. The number of aromatic nitrogens is 1. The van der Waals surface area contributed by atoms with Crippen LogP contribution in [0.25, 0.3) is 0 Å². The number of hydrogen-bond acceptors (Lipinski definition) is 4. The van der Waals surface area contributed by atoms with Crippen molar-refractivity contribution in [3.05, 3.63) is 16.1 Å². The molecule has 12 heavy (non-hydrogen) atoms. The van der Waals surface area contributed by atoms with E-state index in [1.165, 1.54) is 11.3 Å². The van der Waals surface area contributed by atoms with Crippen molar-refractivity contribution in [3.63, 3.8) is 0 Å². The first-order valence-electron chi connectivity index (χ1n) is 3.94. The maximum Gasteiger partial charge on any atom is 0.122 e. The molecule has 3 nitrogen and oxygen atoms in total. The van der Waals surface area contributed by atoms with Crippen molar-refractivity contribution >= 4 is 11.3 Å². The first-order valence-corrected chi connectivity index (χ1v) is 4.82. The van der Waals surface area contributed by atoms with Crippen molar-refractivity contribution in [2.75, 3.05) is 6.61 Å². The van der Waals surface area contributed by atoms with Gasteiger partial charge < -0.3 is 9.84 Å². The van der Waals surface area contributed by atoms with E-state index in [2.05, 4.69) is 4.98 Å². The van der Waals surface area contributed by atoms with Crippen LogP contribution in [0.4, 0.5) is 0 Å². The van der Waals surface area contributed by atoms with Gasteiger partial charge in [-0.2, -0.15) is 0 Å². The molecule has 1 aromatic heterocycles.